The third-order valence-corrected chi connectivity index (χ3v) is 2.18. The Morgan fingerprint density at radius 3 is 2.71 bits per heavy atom. The second kappa shape index (κ2) is 4.90. The molecular formula is C13H10N4. The van der Waals surface area contributed by atoms with E-state index < -0.39 is 0 Å². The van der Waals surface area contributed by atoms with Gasteiger partial charge >= 0.3 is 0 Å². The van der Waals surface area contributed by atoms with Crippen molar-refractivity contribution in [3.63, 3.8) is 0 Å². The lowest BCUT2D eigenvalue weighted by atomic mass is 10.2. The molecule has 4 nitrogen and oxygen atoms in total. The Morgan fingerprint density at radius 1 is 1.24 bits per heavy atom. The minimum Gasteiger partial charge on any atom is -0.383 e. The number of nitriles is 1. The molecule has 2 aromatic rings. The molecule has 0 spiro atoms. The molecule has 82 valence electrons. The SMILES string of the molecule is N#Cc1cc(C(N)=Nc2ccccc2)ccn1. The molecule has 0 aliphatic carbocycles. The summed E-state index contributed by atoms with van der Waals surface area (Å²) in [6.45, 7) is 0. The van der Waals surface area contributed by atoms with Crippen LogP contribution >= 0.6 is 0 Å². The Kier molecular flexibility index (Phi) is 3.13. The van der Waals surface area contributed by atoms with Crippen LogP contribution in [0.2, 0.25) is 0 Å². The highest BCUT2D eigenvalue weighted by atomic mass is 14.9. The fourth-order valence-corrected chi connectivity index (χ4v) is 1.36. The monoisotopic (exact) mass is 222 g/mol. The Balaban J connectivity index is 2.34. The number of hydrogen-bond donors (Lipinski definition) is 1. The van der Waals surface area contributed by atoms with Crippen LogP contribution in [-0.4, -0.2) is 10.8 Å². The van der Waals surface area contributed by atoms with E-state index in [9.17, 15) is 0 Å². The number of amidine groups is 1. The number of para-hydroxylation sites is 1. The molecular weight excluding hydrogens is 212 g/mol. The van der Waals surface area contributed by atoms with Crippen LogP contribution in [0.15, 0.2) is 53.7 Å². The maximum absolute atomic E-state index is 8.74. The zero-order chi connectivity index (χ0) is 12.1. The van der Waals surface area contributed by atoms with Crippen molar-refractivity contribution in [2.75, 3.05) is 0 Å². The molecule has 0 unspecified atom stereocenters. The normalized spacial score (nSPS) is 10.9. The molecule has 0 fully saturated rings. The predicted octanol–water partition coefficient (Wildman–Crippen LogP) is 1.99. The second-order valence-corrected chi connectivity index (χ2v) is 3.37. The molecule has 0 aliphatic rings. The molecule has 0 atom stereocenters. The molecule has 0 bridgehead atoms. The minimum atomic E-state index is 0.328. The van der Waals surface area contributed by atoms with Crippen molar-refractivity contribution in [3.05, 3.63) is 59.9 Å². The first kappa shape index (κ1) is 10.8. The number of aromatic nitrogens is 1. The first-order valence-corrected chi connectivity index (χ1v) is 5.05. The van der Waals surface area contributed by atoms with Gasteiger partial charge in [-0.3, -0.25) is 0 Å². The number of hydrogen-bond acceptors (Lipinski definition) is 3. The van der Waals surface area contributed by atoms with Gasteiger partial charge in [0.25, 0.3) is 0 Å². The van der Waals surface area contributed by atoms with Crippen LogP contribution in [-0.2, 0) is 0 Å². The van der Waals surface area contributed by atoms with E-state index in [2.05, 4.69) is 9.98 Å². The van der Waals surface area contributed by atoms with Crippen LogP contribution in [0.1, 0.15) is 11.3 Å². The summed E-state index contributed by atoms with van der Waals surface area (Å²) in [4.78, 5) is 8.14. The van der Waals surface area contributed by atoms with Gasteiger partial charge in [0.15, 0.2) is 0 Å². The third-order valence-electron chi connectivity index (χ3n) is 2.18. The summed E-state index contributed by atoms with van der Waals surface area (Å²) in [7, 11) is 0. The lowest BCUT2D eigenvalue weighted by molar-refractivity contribution is 1.25. The van der Waals surface area contributed by atoms with Crippen molar-refractivity contribution in [1.29, 1.82) is 5.26 Å². The summed E-state index contributed by atoms with van der Waals surface area (Å²) in [5.74, 6) is 0.370. The van der Waals surface area contributed by atoms with Gasteiger partial charge in [0.05, 0.1) is 5.69 Å². The van der Waals surface area contributed by atoms with Crippen LogP contribution < -0.4 is 5.73 Å². The van der Waals surface area contributed by atoms with Crippen molar-refractivity contribution in [2.45, 2.75) is 0 Å². The van der Waals surface area contributed by atoms with Gasteiger partial charge in [-0.2, -0.15) is 5.26 Å². The quantitative estimate of drug-likeness (QED) is 0.623. The van der Waals surface area contributed by atoms with Gasteiger partial charge in [-0.05, 0) is 24.3 Å². The number of nitrogens with zero attached hydrogens (tertiary/aromatic N) is 3. The topological polar surface area (TPSA) is 75.1 Å². The Labute approximate surface area is 99.1 Å². The van der Waals surface area contributed by atoms with E-state index in [-0.39, 0.29) is 0 Å². The Morgan fingerprint density at radius 2 is 2.00 bits per heavy atom. The summed E-state index contributed by atoms with van der Waals surface area (Å²) in [5.41, 5.74) is 7.66. The van der Waals surface area contributed by atoms with E-state index in [1.54, 1.807) is 18.3 Å². The van der Waals surface area contributed by atoms with Crippen LogP contribution in [0.5, 0.6) is 0 Å². The van der Waals surface area contributed by atoms with Gasteiger partial charge in [0, 0.05) is 11.8 Å². The zero-order valence-corrected chi connectivity index (χ0v) is 9.04. The number of aliphatic imine (C=N–C) groups is 1. The number of nitrogens with two attached hydrogens (primary N) is 1. The van der Waals surface area contributed by atoms with E-state index in [1.807, 2.05) is 36.4 Å². The smallest absolute Gasteiger partial charge is 0.141 e. The highest BCUT2D eigenvalue weighted by Crippen LogP contribution is 2.11. The van der Waals surface area contributed by atoms with E-state index in [0.29, 0.717) is 17.1 Å². The summed E-state index contributed by atoms with van der Waals surface area (Å²) < 4.78 is 0. The third kappa shape index (κ3) is 2.67. The lowest BCUT2D eigenvalue weighted by Crippen LogP contribution is -2.13. The molecule has 2 N–H and O–H groups in total. The second-order valence-electron chi connectivity index (χ2n) is 3.37. The molecule has 2 rings (SSSR count). The van der Waals surface area contributed by atoms with Gasteiger partial charge < -0.3 is 5.73 Å². The van der Waals surface area contributed by atoms with E-state index in [1.165, 1.54) is 0 Å². The van der Waals surface area contributed by atoms with Crippen LogP contribution in [0.4, 0.5) is 5.69 Å². The summed E-state index contributed by atoms with van der Waals surface area (Å²) in [5, 5.41) is 8.74. The summed E-state index contributed by atoms with van der Waals surface area (Å²) >= 11 is 0. The first-order chi connectivity index (χ1) is 8.29. The van der Waals surface area contributed by atoms with Crippen molar-refractivity contribution >= 4 is 11.5 Å². The van der Waals surface area contributed by atoms with E-state index in [0.717, 1.165) is 5.69 Å². The number of benzene rings is 1. The van der Waals surface area contributed by atoms with Gasteiger partial charge in [-0.15, -0.1) is 0 Å². The van der Waals surface area contributed by atoms with E-state index in [4.69, 9.17) is 11.0 Å². The average Bonchev–Trinajstić information content (AvgIpc) is 2.40. The van der Waals surface area contributed by atoms with Gasteiger partial charge in [0.2, 0.25) is 0 Å². The molecule has 0 radical (unpaired) electrons. The fraction of sp³-hybridized carbons (Fsp3) is 0. The molecule has 1 aromatic carbocycles. The summed E-state index contributed by atoms with van der Waals surface area (Å²) in [6, 6.07) is 14.7. The average molecular weight is 222 g/mol. The Hall–Kier alpha value is -2.67. The molecule has 0 amide bonds. The molecule has 0 saturated carbocycles. The highest BCUT2D eigenvalue weighted by Gasteiger charge is 2.00. The van der Waals surface area contributed by atoms with Crippen LogP contribution in [0.3, 0.4) is 0 Å². The molecule has 1 aromatic heterocycles. The fourth-order valence-electron chi connectivity index (χ4n) is 1.36. The maximum atomic E-state index is 8.74. The number of pyridine rings is 1. The van der Waals surface area contributed by atoms with Gasteiger partial charge in [-0.25, -0.2) is 9.98 Å². The van der Waals surface area contributed by atoms with Gasteiger partial charge in [-0.1, -0.05) is 18.2 Å². The molecule has 0 saturated heterocycles. The van der Waals surface area contributed by atoms with Crippen LogP contribution in [0.25, 0.3) is 0 Å². The first-order valence-electron chi connectivity index (χ1n) is 5.05. The zero-order valence-electron chi connectivity index (χ0n) is 9.04. The summed E-state index contributed by atoms with van der Waals surface area (Å²) in [6.07, 6.45) is 1.54. The number of rotatable bonds is 2. The predicted molar refractivity (Wildman–Crippen MR) is 65.8 cm³/mol. The molecule has 17 heavy (non-hydrogen) atoms. The molecule has 0 aliphatic heterocycles. The van der Waals surface area contributed by atoms with E-state index >= 15 is 0 Å². The minimum absolute atomic E-state index is 0.328. The largest absolute Gasteiger partial charge is 0.383 e. The lowest BCUT2D eigenvalue weighted by Gasteiger charge is -2.00. The Bertz CT molecular complexity index is 582. The van der Waals surface area contributed by atoms with Crippen molar-refractivity contribution in [1.82, 2.24) is 4.98 Å². The highest BCUT2D eigenvalue weighted by molar-refractivity contribution is 5.99. The molecule has 4 heteroatoms. The molecule has 1 heterocycles. The van der Waals surface area contributed by atoms with Crippen molar-refractivity contribution in [3.8, 4) is 6.07 Å². The van der Waals surface area contributed by atoms with Crippen LogP contribution in [0, 0.1) is 11.3 Å². The van der Waals surface area contributed by atoms with Crippen molar-refractivity contribution in [2.24, 2.45) is 10.7 Å². The van der Waals surface area contributed by atoms with Crippen molar-refractivity contribution < 1.29 is 0 Å². The van der Waals surface area contributed by atoms with Gasteiger partial charge in [0.1, 0.15) is 17.6 Å². The maximum Gasteiger partial charge on any atom is 0.141 e. The standard InChI is InChI=1S/C13H10N4/c14-9-12-8-10(6-7-16-12)13(15)17-11-4-2-1-3-5-11/h1-8H,(H2,15,17).